The summed E-state index contributed by atoms with van der Waals surface area (Å²) in [6.07, 6.45) is -2.59. The number of likely N-dealkylation sites (tertiary alicyclic amines) is 1. The van der Waals surface area contributed by atoms with Gasteiger partial charge in [0.1, 0.15) is 6.04 Å². The quantitative estimate of drug-likeness (QED) is 0.832. The highest BCUT2D eigenvalue weighted by atomic mass is 19.4. The molecule has 2 atom stereocenters. The lowest BCUT2D eigenvalue weighted by atomic mass is 9.75. The highest BCUT2D eigenvalue weighted by Crippen LogP contribution is 2.37. The van der Waals surface area contributed by atoms with Crippen molar-refractivity contribution in [2.75, 3.05) is 13.1 Å². The van der Waals surface area contributed by atoms with Crippen LogP contribution in [0.2, 0.25) is 0 Å². The van der Waals surface area contributed by atoms with Gasteiger partial charge in [-0.2, -0.15) is 13.2 Å². The van der Waals surface area contributed by atoms with Gasteiger partial charge in [0.05, 0.1) is 0 Å². The van der Waals surface area contributed by atoms with Crippen LogP contribution < -0.4 is 5.73 Å². The molecule has 0 bridgehead atoms. The van der Waals surface area contributed by atoms with Crippen LogP contribution in [-0.4, -0.2) is 36.2 Å². The van der Waals surface area contributed by atoms with Gasteiger partial charge in [-0.1, -0.05) is 20.8 Å². The van der Waals surface area contributed by atoms with Crippen molar-refractivity contribution in [2.24, 2.45) is 17.1 Å². The van der Waals surface area contributed by atoms with Crippen molar-refractivity contribution in [1.82, 2.24) is 4.90 Å². The van der Waals surface area contributed by atoms with Gasteiger partial charge in [0.2, 0.25) is 0 Å². The molecule has 0 aromatic carbocycles. The lowest BCUT2D eigenvalue weighted by molar-refractivity contribution is -0.192. The number of alkyl halides is 3. The highest BCUT2D eigenvalue weighted by Gasteiger charge is 2.47. The van der Waals surface area contributed by atoms with Crippen LogP contribution in [0.4, 0.5) is 13.2 Å². The second-order valence-corrected chi connectivity index (χ2v) is 6.52. The van der Waals surface area contributed by atoms with E-state index >= 15 is 0 Å². The molecule has 2 N–H and O–H groups in total. The minimum Gasteiger partial charge on any atom is -0.326 e. The van der Waals surface area contributed by atoms with Crippen molar-refractivity contribution in [1.29, 1.82) is 0 Å². The molecule has 1 saturated heterocycles. The van der Waals surface area contributed by atoms with Crippen LogP contribution in [0.25, 0.3) is 0 Å². The van der Waals surface area contributed by atoms with Crippen LogP contribution in [0.15, 0.2) is 0 Å². The molecule has 2 nitrogen and oxygen atoms in total. The molecule has 1 fully saturated rings. The molecule has 0 saturated carbocycles. The second kappa shape index (κ2) is 5.37. The summed E-state index contributed by atoms with van der Waals surface area (Å²) in [7, 11) is 0. The highest BCUT2D eigenvalue weighted by molar-refractivity contribution is 4.90. The molecule has 0 spiro atoms. The molecule has 5 heteroatoms. The van der Waals surface area contributed by atoms with E-state index in [4.69, 9.17) is 5.73 Å². The van der Waals surface area contributed by atoms with Crippen molar-refractivity contribution in [3.05, 3.63) is 0 Å². The van der Waals surface area contributed by atoms with Crippen LogP contribution in [0.3, 0.4) is 0 Å². The standard InChI is InChI=1S/C13H25F3N2/c1-9(17)11(13(14,15)16)18-7-5-10(6-8-18)12(2,3)4/h9-11H,5-8,17H2,1-4H3. The molecule has 108 valence electrons. The van der Waals surface area contributed by atoms with E-state index in [2.05, 4.69) is 20.8 Å². The third-order valence-corrected chi connectivity index (χ3v) is 3.98. The predicted octanol–water partition coefficient (Wildman–Crippen LogP) is 3.02. The first kappa shape index (κ1) is 15.8. The number of halogens is 3. The van der Waals surface area contributed by atoms with E-state index in [1.165, 1.54) is 11.8 Å². The van der Waals surface area contributed by atoms with Crippen molar-refractivity contribution in [3.8, 4) is 0 Å². The van der Waals surface area contributed by atoms with Crippen molar-refractivity contribution in [3.63, 3.8) is 0 Å². The molecule has 0 aliphatic carbocycles. The van der Waals surface area contributed by atoms with Gasteiger partial charge < -0.3 is 5.73 Å². The maximum atomic E-state index is 13.0. The zero-order chi connectivity index (χ0) is 14.1. The van der Waals surface area contributed by atoms with E-state index in [0.717, 1.165) is 12.8 Å². The lowest BCUT2D eigenvalue weighted by Crippen LogP contribution is -2.57. The van der Waals surface area contributed by atoms with Gasteiger partial charge in [0, 0.05) is 6.04 Å². The molecular weight excluding hydrogens is 241 g/mol. The maximum Gasteiger partial charge on any atom is 0.405 e. The smallest absolute Gasteiger partial charge is 0.326 e. The van der Waals surface area contributed by atoms with Gasteiger partial charge in [0.25, 0.3) is 0 Å². The molecular formula is C13H25F3N2. The summed E-state index contributed by atoms with van der Waals surface area (Å²) < 4.78 is 38.9. The number of nitrogens with zero attached hydrogens (tertiary/aromatic N) is 1. The molecule has 1 heterocycles. The molecule has 1 aliphatic heterocycles. The first-order valence-electron chi connectivity index (χ1n) is 6.60. The van der Waals surface area contributed by atoms with Crippen LogP contribution in [0.1, 0.15) is 40.5 Å². The molecule has 1 rings (SSSR count). The Kier molecular flexibility index (Phi) is 4.70. The van der Waals surface area contributed by atoms with Gasteiger partial charge in [0.15, 0.2) is 0 Å². The van der Waals surface area contributed by atoms with Crippen LogP contribution in [0, 0.1) is 11.3 Å². The Hall–Kier alpha value is -0.290. The zero-order valence-electron chi connectivity index (χ0n) is 11.7. The fourth-order valence-corrected chi connectivity index (χ4v) is 2.88. The number of rotatable bonds is 2. The minimum absolute atomic E-state index is 0.175. The van der Waals surface area contributed by atoms with E-state index in [0.29, 0.717) is 19.0 Å². The van der Waals surface area contributed by atoms with Crippen LogP contribution >= 0.6 is 0 Å². The molecule has 1 aliphatic rings. The Morgan fingerprint density at radius 1 is 1.11 bits per heavy atom. The lowest BCUT2D eigenvalue weighted by Gasteiger charge is -2.43. The molecule has 0 radical (unpaired) electrons. The van der Waals surface area contributed by atoms with Gasteiger partial charge in [-0.15, -0.1) is 0 Å². The molecule has 0 amide bonds. The first-order chi connectivity index (χ1) is 8.03. The minimum atomic E-state index is -4.23. The zero-order valence-corrected chi connectivity index (χ0v) is 11.7. The topological polar surface area (TPSA) is 29.3 Å². The first-order valence-corrected chi connectivity index (χ1v) is 6.60. The summed E-state index contributed by atoms with van der Waals surface area (Å²) in [6.45, 7) is 8.88. The second-order valence-electron chi connectivity index (χ2n) is 6.52. The van der Waals surface area contributed by atoms with Crippen molar-refractivity contribution < 1.29 is 13.2 Å². The van der Waals surface area contributed by atoms with Crippen molar-refractivity contribution >= 4 is 0 Å². The van der Waals surface area contributed by atoms with E-state index in [-0.39, 0.29) is 5.41 Å². The predicted molar refractivity (Wildman–Crippen MR) is 67.2 cm³/mol. The number of hydrogen-bond acceptors (Lipinski definition) is 2. The molecule has 0 aromatic heterocycles. The number of hydrogen-bond donors (Lipinski definition) is 1. The third kappa shape index (κ3) is 3.85. The van der Waals surface area contributed by atoms with E-state index in [9.17, 15) is 13.2 Å². The molecule has 0 aromatic rings. The largest absolute Gasteiger partial charge is 0.405 e. The maximum absolute atomic E-state index is 13.0. The number of nitrogens with two attached hydrogens (primary N) is 1. The fourth-order valence-electron chi connectivity index (χ4n) is 2.88. The Balaban J connectivity index is 2.66. The summed E-state index contributed by atoms with van der Waals surface area (Å²) in [6, 6.07) is -2.38. The molecule has 18 heavy (non-hydrogen) atoms. The Morgan fingerprint density at radius 3 is 1.83 bits per heavy atom. The number of piperidine rings is 1. The average Bonchev–Trinajstić information content (AvgIpc) is 2.13. The van der Waals surface area contributed by atoms with Gasteiger partial charge in [-0.05, 0) is 44.2 Å². The van der Waals surface area contributed by atoms with Crippen LogP contribution in [-0.2, 0) is 0 Å². The molecule has 2 unspecified atom stereocenters. The monoisotopic (exact) mass is 266 g/mol. The van der Waals surface area contributed by atoms with Crippen LogP contribution in [0.5, 0.6) is 0 Å². The van der Waals surface area contributed by atoms with Gasteiger partial charge >= 0.3 is 6.18 Å². The third-order valence-electron chi connectivity index (χ3n) is 3.98. The summed E-state index contributed by atoms with van der Waals surface area (Å²) in [4.78, 5) is 1.51. The normalized spacial score (nSPS) is 24.0. The van der Waals surface area contributed by atoms with E-state index < -0.39 is 18.3 Å². The van der Waals surface area contributed by atoms with Gasteiger partial charge in [-0.3, -0.25) is 4.90 Å². The Bertz CT molecular complexity index is 260. The Labute approximate surface area is 108 Å². The van der Waals surface area contributed by atoms with E-state index in [1.807, 2.05) is 0 Å². The Morgan fingerprint density at radius 2 is 1.56 bits per heavy atom. The summed E-state index contributed by atoms with van der Waals surface area (Å²) in [5.41, 5.74) is 5.69. The average molecular weight is 266 g/mol. The van der Waals surface area contributed by atoms with Crippen molar-refractivity contribution in [2.45, 2.75) is 58.8 Å². The summed E-state index contributed by atoms with van der Waals surface area (Å²) >= 11 is 0. The van der Waals surface area contributed by atoms with Gasteiger partial charge in [-0.25, -0.2) is 0 Å². The fraction of sp³-hybridized carbons (Fsp3) is 1.00. The van der Waals surface area contributed by atoms with E-state index in [1.54, 1.807) is 0 Å². The summed E-state index contributed by atoms with van der Waals surface area (Å²) in [5.74, 6) is 0.496. The summed E-state index contributed by atoms with van der Waals surface area (Å²) in [5, 5.41) is 0. The SMILES string of the molecule is CC(N)C(N1CCC(C(C)(C)C)CC1)C(F)(F)F.